The van der Waals surface area contributed by atoms with E-state index in [2.05, 4.69) is 15.3 Å². The van der Waals surface area contributed by atoms with Crippen LogP contribution in [0.25, 0.3) is 0 Å². The number of nitrogens with one attached hydrogen (secondary N) is 1. The molecule has 0 atom stereocenters. The minimum absolute atomic E-state index is 0.226. The number of pyridine rings is 1. The van der Waals surface area contributed by atoms with Gasteiger partial charge in [0.25, 0.3) is 0 Å². The second kappa shape index (κ2) is 9.00. The van der Waals surface area contributed by atoms with Crippen molar-refractivity contribution in [1.29, 1.82) is 0 Å². The van der Waals surface area contributed by atoms with Gasteiger partial charge in [-0.1, -0.05) is 0 Å². The lowest BCUT2D eigenvalue weighted by Crippen LogP contribution is -2.07. The Bertz CT molecular complexity index is 1010. The Morgan fingerprint density at radius 2 is 1.89 bits per heavy atom. The molecule has 0 aliphatic heterocycles. The van der Waals surface area contributed by atoms with Crippen molar-refractivity contribution >= 4 is 32.1 Å². The molecule has 0 fully saturated rings. The number of aromatic nitrogens is 2. The molecule has 0 radical (unpaired) electrons. The van der Waals surface area contributed by atoms with Crippen LogP contribution in [0.3, 0.4) is 0 Å². The smallest absolute Gasteiger partial charge is 0.188 e. The molecule has 0 aliphatic carbocycles. The minimum atomic E-state index is -3.26. The number of hydrogen-bond donors (Lipinski definition) is 1. The summed E-state index contributed by atoms with van der Waals surface area (Å²) in [6.45, 7) is 0.770. The Kier molecular flexibility index (Phi) is 6.45. The SMILES string of the molecule is COCCOc1cc(Oc2ccc(S(C)(=O)=O)cc2)cnc1Nc1nccs1. The molecular weight excluding hydrogens is 402 g/mol. The molecule has 0 saturated carbocycles. The largest absolute Gasteiger partial charge is 0.487 e. The van der Waals surface area contributed by atoms with Gasteiger partial charge in [0.1, 0.15) is 18.1 Å². The number of rotatable bonds is 9. The molecule has 2 heterocycles. The van der Waals surface area contributed by atoms with Gasteiger partial charge in [-0.3, -0.25) is 0 Å². The number of sulfone groups is 1. The Hall–Kier alpha value is -2.69. The van der Waals surface area contributed by atoms with Gasteiger partial charge in [0, 0.05) is 31.0 Å². The summed E-state index contributed by atoms with van der Waals surface area (Å²) in [6, 6.07) is 7.86. The van der Waals surface area contributed by atoms with Crippen LogP contribution in [0, 0.1) is 0 Å². The fourth-order valence-corrected chi connectivity index (χ4v) is 3.36. The van der Waals surface area contributed by atoms with Gasteiger partial charge < -0.3 is 19.5 Å². The number of ether oxygens (including phenoxy) is 3. The van der Waals surface area contributed by atoms with Gasteiger partial charge >= 0.3 is 0 Å². The Labute approximate surface area is 167 Å². The van der Waals surface area contributed by atoms with Crippen molar-refractivity contribution in [2.24, 2.45) is 0 Å². The number of hydrogen-bond acceptors (Lipinski definition) is 9. The third kappa shape index (κ3) is 5.41. The van der Waals surface area contributed by atoms with Crippen molar-refractivity contribution in [3.63, 3.8) is 0 Å². The summed E-state index contributed by atoms with van der Waals surface area (Å²) in [5.74, 6) is 1.92. The van der Waals surface area contributed by atoms with Gasteiger partial charge in [0.05, 0.1) is 17.7 Å². The lowest BCUT2D eigenvalue weighted by molar-refractivity contribution is 0.146. The Balaban J connectivity index is 1.79. The summed E-state index contributed by atoms with van der Waals surface area (Å²) in [7, 11) is -1.66. The van der Waals surface area contributed by atoms with E-state index in [0.29, 0.717) is 41.4 Å². The van der Waals surface area contributed by atoms with Crippen molar-refractivity contribution in [3.05, 3.63) is 48.1 Å². The van der Waals surface area contributed by atoms with Crippen LogP contribution < -0.4 is 14.8 Å². The maximum absolute atomic E-state index is 11.6. The molecule has 3 aromatic rings. The summed E-state index contributed by atoms with van der Waals surface area (Å²) in [5, 5.41) is 5.64. The summed E-state index contributed by atoms with van der Waals surface area (Å²) in [5.41, 5.74) is 0. The summed E-state index contributed by atoms with van der Waals surface area (Å²) in [6.07, 6.45) is 4.39. The van der Waals surface area contributed by atoms with Crippen LogP contribution in [-0.2, 0) is 14.6 Å². The Morgan fingerprint density at radius 3 is 2.54 bits per heavy atom. The van der Waals surface area contributed by atoms with E-state index in [-0.39, 0.29) is 4.90 Å². The molecular formula is C18H19N3O5S2. The lowest BCUT2D eigenvalue weighted by atomic mass is 10.3. The van der Waals surface area contributed by atoms with E-state index in [1.165, 1.54) is 23.5 Å². The van der Waals surface area contributed by atoms with Crippen molar-refractivity contribution in [2.45, 2.75) is 4.90 Å². The fourth-order valence-electron chi connectivity index (χ4n) is 2.20. The van der Waals surface area contributed by atoms with Crippen LogP contribution in [0.2, 0.25) is 0 Å². The molecule has 0 unspecified atom stereocenters. The highest BCUT2D eigenvalue weighted by atomic mass is 32.2. The van der Waals surface area contributed by atoms with E-state index in [9.17, 15) is 8.42 Å². The minimum Gasteiger partial charge on any atom is -0.487 e. The van der Waals surface area contributed by atoms with Crippen molar-refractivity contribution in [1.82, 2.24) is 9.97 Å². The highest BCUT2D eigenvalue weighted by molar-refractivity contribution is 7.90. The predicted molar refractivity (Wildman–Crippen MR) is 107 cm³/mol. The number of methoxy groups -OCH3 is 1. The second-order valence-corrected chi connectivity index (χ2v) is 8.58. The van der Waals surface area contributed by atoms with Gasteiger partial charge in [-0.25, -0.2) is 18.4 Å². The molecule has 0 spiro atoms. The quantitative estimate of drug-likeness (QED) is 0.524. The Morgan fingerprint density at radius 1 is 1.11 bits per heavy atom. The van der Waals surface area contributed by atoms with E-state index in [0.717, 1.165) is 6.26 Å². The number of thiazole rings is 1. The zero-order valence-electron chi connectivity index (χ0n) is 15.3. The zero-order chi connectivity index (χ0) is 20.0. The second-order valence-electron chi connectivity index (χ2n) is 5.67. The third-order valence-electron chi connectivity index (χ3n) is 3.52. The summed E-state index contributed by atoms with van der Waals surface area (Å²) in [4.78, 5) is 8.75. The van der Waals surface area contributed by atoms with Crippen molar-refractivity contribution in [2.75, 3.05) is 31.9 Å². The molecule has 8 nitrogen and oxygen atoms in total. The number of benzene rings is 1. The van der Waals surface area contributed by atoms with E-state index < -0.39 is 9.84 Å². The standard InChI is InChI=1S/C18H19N3O5S2/c1-24-8-9-25-16-11-14(12-20-17(16)21-18-19-7-10-27-18)26-13-3-5-15(6-4-13)28(2,22)23/h3-7,10-12H,8-9H2,1-2H3,(H,19,20,21). The first-order chi connectivity index (χ1) is 13.5. The monoisotopic (exact) mass is 421 g/mol. The molecule has 2 aromatic heterocycles. The van der Waals surface area contributed by atoms with Gasteiger partial charge in [0.2, 0.25) is 0 Å². The van der Waals surface area contributed by atoms with Crippen LogP contribution in [-0.4, -0.2) is 45.0 Å². The van der Waals surface area contributed by atoms with Crippen molar-refractivity contribution in [3.8, 4) is 17.2 Å². The molecule has 3 rings (SSSR count). The zero-order valence-corrected chi connectivity index (χ0v) is 16.9. The molecule has 28 heavy (non-hydrogen) atoms. The first-order valence-corrected chi connectivity index (χ1v) is 11.0. The lowest BCUT2D eigenvalue weighted by Gasteiger charge is -2.13. The molecule has 148 valence electrons. The average molecular weight is 422 g/mol. The topological polar surface area (TPSA) is 99.6 Å². The molecule has 0 amide bonds. The molecule has 1 N–H and O–H groups in total. The summed E-state index contributed by atoms with van der Waals surface area (Å²) < 4.78 is 39.6. The number of anilines is 2. The molecule has 0 bridgehead atoms. The predicted octanol–water partition coefficient (Wildman–Crippen LogP) is 3.50. The van der Waals surface area contributed by atoms with Crippen LogP contribution in [0.15, 0.2) is 53.0 Å². The van der Waals surface area contributed by atoms with Crippen LogP contribution in [0.5, 0.6) is 17.2 Å². The molecule has 1 aromatic carbocycles. The fraction of sp³-hybridized carbons (Fsp3) is 0.222. The average Bonchev–Trinajstić information content (AvgIpc) is 3.17. The van der Waals surface area contributed by atoms with E-state index >= 15 is 0 Å². The van der Waals surface area contributed by atoms with Gasteiger partial charge in [-0.15, -0.1) is 11.3 Å². The summed E-state index contributed by atoms with van der Waals surface area (Å²) >= 11 is 1.44. The van der Waals surface area contributed by atoms with Crippen LogP contribution in [0.4, 0.5) is 10.9 Å². The van der Waals surface area contributed by atoms with Crippen LogP contribution >= 0.6 is 11.3 Å². The first-order valence-electron chi connectivity index (χ1n) is 8.22. The van der Waals surface area contributed by atoms with Crippen LogP contribution in [0.1, 0.15) is 0 Å². The van der Waals surface area contributed by atoms with Crippen molar-refractivity contribution < 1.29 is 22.6 Å². The normalized spacial score (nSPS) is 11.2. The third-order valence-corrected chi connectivity index (χ3v) is 5.33. The van der Waals surface area contributed by atoms with Gasteiger partial charge in [-0.05, 0) is 24.3 Å². The highest BCUT2D eigenvalue weighted by Gasteiger charge is 2.11. The first kappa shape index (κ1) is 20.1. The molecule has 0 saturated heterocycles. The maximum atomic E-state index is 11.6. The highest BCUT2D eigenvalue weighted by Crippen LogP contribution is 2.32. The van der Waals surface area contributed by atoms with E-state index in [4.69, 9.17) is 14.2 Å². The van der Waals surface area contributed by atoms with E-state index in [1.54, 1.807) is 37.7 Å². The van der Waals surface area contributed by atoms with Gasteiger partial charge in [-0.2, -0.15) is 0 Å². The molecule has 0 aliphatic rings. The van der Waals surface area contributed by atoms with E-state index in [1.807, 2.05) is 5.38 Å². The van der Waals surface area contributed by atoms with Gasteiger partial charge in [0.15, 0.2) is 26.5 Å². The number of nitrogens with zero attached hydrogens (tertiary/aromatic N) is 2. The maximum Gasteiger partial charge on any atom is 0.188 e. The molecule has 10 heteroatoms.